The Hall–Kier alpha value is -1.20. The summed E-state index contributed by atoms with van der Waals surface area (Å²) in [6.07, 6.45) is 4.24. The molecule has 2 nitrogen and oxygen atoms in total. The molecule has 0 radical (unpaired) electrons. The topological polar surface area (TPSA) is 33.0 Å². The summed E-state index contributed by atoms with van der Waals surface area (Å²) in [5.41, 5.74) is 0.915. The molecule has 16 heavy (non-hydrogen) atoms. The van der Waals surface area contributed by atoms with Crippen LogP contribution < -0.4 is 4.74 Å². The Morgan fingerprint density at radius 2 is 2.19 bits per heavy atom. The van der Waals surface area contributed by atoms with Crippen LogP contribution in [0.15, 0.2) is 18.2 Å². The smallest absolute Gasteiger partial charge is 0.121 e. The number of hydrogen-bond acceptors (Lipinski definition) is 2. The number of hydrogen-bond donors (Lipinski definition) is 0. The molecule has 0 aromatic heterocycles. The molecule has 0 saturated heterocycles. The van der Waals surface area contributed by atoms with Crippen molar-refractivity contribution in [3.05, 3.63) is 28.8 Å². The first-order chi connectivity index (χ1) is 7.78. The van der Waals surface area contributed by atoms with E-state index in [0.29, 0.717) is 17.4 Å². The molecule has 0 N–H and O–H groups in total. The Morgan fingerprint density at radius 3 is 2.81 bits per heavy atom. The summed E-state index contributed by atoms with van der Waals surface area (Å²) in [5, 5.41) is 9.27. The minimum Gasteiger partial charge on any atom is -0.493 e. The molecule has 1 aliphatic rings. The Balaban J connectivity index is 1.99. The largest absolute Gasteiger partial charge is 0.493 e. The summed E-state index contributed by atoms with van der Waals surface area (Å²) in [6.45, 7) is 0.770. The molecule has 1 aromatic carbocycles. The summed E-state index contributed by atoms with van der Waals surface area (Å²) in [5.74, 6) is 1.49. The van der Waals surface area contributed by atoms with Gasteiger partial charge in [0.25, 0.3) is 0 Å². The third kappa shape index (κ3) is 2.90. The van der Waals surface area contributed by atoms with Crippen LogP contribution in [0, 0.1) is 17.2 Å². The highest BCUT2D eigenvalue weighted by Gasteiger charge is 2.17. The third-order valence-electron chi connectivity index (χ3n) is 2.92. The SMILES string of the molecule is N#CCc1cc(Cl)cc(OCC2CCC2)c1. The highest BCUT2D eigenvalue weighted by Crippen LogP contribution is 2.28. The first-order valence-electron chi connectivity index (χ1n) is 5.57. The second-order valence-corrected chi connectivity index (χ2v) is 4.67. The number of nitrogens with zero attached hydrogens (tertiary/aromatic N) is 1. The minimum absolute atomic E-state index is 0.375. The quantitative estimate of drug-likeness (QED) is 0.799. The number of rotatable bonds is 4. The van der Waals surface area contributed by atoms with Crippen molar-refractivity contribution in [2.24, 2.45) is 5.92 Å². The first-order valence-corrected chi connectivity index (χ1v) is 5.95. The lowest BCUT2D eigenvalue weighted by molar-refractivity contribution is 0.180. The van der Waals surface area contributed by atoms with Crippen molar-refractivity contribution in [2.75, 3.05) is 6.61 Å². The molecule has 1 aromatic rings. The van der Waals surface area contributed by atoms with Gasteiger partial charge in [-0.3, -0.25) is 0 Å². The molecule has 0 aliphatic heterocycles. The van der Waals surface area contributed by atoms with Crippen molar-refractivity contribution in [1.82, 2.24) is 0 Å². The highest BCUT2D eigenvalue weighted by atomic mass is 35.5. The van der Waals surface area contributed by atoms with Crippen LogP contribution in [0.5, 0.6) is 5.75 Å². The Morgan fingerprint density at radius 1 is 1.38 bits per heavy atom. The Labute approximate surface area is 101 Å². The lowest BCUT2D eigenvalue weighted by Crippen LogP contribution is -2.19. The van der Waals surface area contributed by atoms with Gasteiger partial charge in [-0.05, 0) is 42.5 Å². The maximum Gasteiger partial charge on any atom is 0.121 e. The van der Waals surface area contributed by atoms with Gasteiger partial charge in [-0.2, -0.15) is 5.26 Å². The number of nitriles is 1. The van der Waals surface area contributed by atoms with E-state index in [1.54, 1.807) is 12.1 Å². The first kappa shape index (κ1) is 11.3. The van der Waals surface area contributed by atoms with Crippen LogP contribution >= 0.6 is 11.6 Å². The second-order valence-electron chi connectivity index (χ2n) is 4.24. The summed E-state index contributed by atoms with van der Waals surface area (Å²) in [7, 11) is 0. The van der Waals surface area contributed by atoms with Crippen LogP contribution in [0.2, 0.25) is 5.02 Å². The molecule has 0 spiro atoms. The van der Waals surface area contributed by atoms with Gasteiger partial charge < -0.3 is 4.74 Å². The summed E-state index contributed by atoms with van der Waals surface area (Å²) in [4.78, 5) is 0. The van der Waals surface area contributed by atoms with Crippen LogP contribution in [0.1, 0.15) is 24.8 Å². The van der Waals surface area contributed by atoms with E-state index in [4.69, 9.17) is 21.6 Å². The minimum atomic E-state index is 0.375. The molecule has 0 heterocycles. The molecule has 2 rings (SSSR count). The molecule has 0 unspecified atom stereocenters. The van der Waals surface area contributed by atoms with Gasteiger partial charge in [0.1, 0.15) is 5.75 Å². The lowest BCUT2D eigenvalue weighted by atomic mass is 9.86. The van der Waals surface area contributed by atoms with Gasteiger partial charge >= 0.3 is 0 Å². The van der Waals surface area contributed by atoms with E-state index in [1.807, 2.05) is 6.07 Å². The van der Waals surface area contributed by atoms with Crippen LogP contribution in [0.3, 0.4) is 0 Å². The second kappa shape index (κ2) is 5.23. The number of ether oxygens (including phenoxy) is 1. The predicted octanol–water partition coefficient (Wildman–Crippen LogP) is 3.58. The van der Waals surface area contributed by atoms with Crippen molar-refractivity contribution < 1.29 is 4.74 Å². The van der Waals surface area contributed by atoms with E-state index in [9.17, 15) is 0 Å². The van der Waals surface area contributed by atoms with Gasteiger partial charge in [0.15, 0.2) is 0 Å². The summed E-state index contributed by atoms with van der Waals surface area (Å²) in [6, 6.07) is 7.62. The number of halogens is 1. The van der Waals surface area contributed by atoms with Gasteiger partial charge in [-0.15, -0.1) is 0 Å². The molecule has 0 amide bonds. The number of benzene rings is 1. The third-order valence-corrected chi connectivity index (χ3v) is 3.14. The molecule has 3 heteroatoms. The highest BCUT2D eigenvalue weighted by molar-refractivity contribution is 6.30. The fraction of sp³-hybridized carbons (Fsp3) is 0.462. The van der Waals surface area contributed by atoms with Crippen LogP contribution in [0.4, 0.5) is 0 Å². The standard InChI is InChI=1S/C13H14ClNO/c14-12-6-11(4-5-15)7-13(8-12)16-9-10-2-1-3-10/h6-8,10H,1-4,9H2. The monoisotopic (exact) mass is 235 g/mol. The van der Waals surface area contributed by atoms with E-state index in [1.165, 1.54) is 19.3 Å². The summed E-state index contributed by atoms with van der Waals surface area (Å²) < 4.78 is 5.68. The molecular formula is C13H14ClNO. The average molecular weight is 236 g/mol. The van der Waals surface area contributed by atoms with E-state index in [-0.39, 0.29) is 0 Å². The maximum absolute atomic E-state index is 8.63. The predicted molar refractivity (Wildman–Crippen MR) is 63.6 cm³/mol. The molecular weight excluding hydrogens is 222 g/mol. The van der Waals surface area contributed by atoms with Crippen molar-refractivity contribution in [2.45, 2.75) is 25.7 Å². The molecule has 0 bridgehead atoms. The van der Waals surface area contributed by atoms with Crippen LogP contribution in [-0.2, 0) is 6.42 Å². The van der Waals surface area contributed by atoms with Gasteiger partial charge in [-0.1, -0.05) is 18.0 Å². The van der Waals surface area contributed by atoms with Gasteiger partial charge in [0.2, 0.25) is 0 Å². The van der Waals surface area contributed by atoms with Crippen molar-refractivity contribution in [3.63, 3.8) is 0 Å². The Kier molecular flexibility index (Phi) is 3.69. The normalized spacial score (nSPS) is 15.2. The Bertz CT molecular complexity index is 407. The lowest BCUT2D eigenvalue weighted by Gasteiger charge is -2.25. The molecule has 0 atom stereocenters. The van der Waals surface area contributed by atoms with E-state index in [2.05, 4.69) is 6.07 Å². The molecule has 1 aliphatic carbocycles. The average Bonchev–Trinajstić information content (AvgIpc) is 2.14. The molecule has 1 fully saturated rings. The van der Waals surface area contributed by atoms with Crippen molar-refractivity contribution >= 4 is 11.6 Å². The van der Waals surface area contributed by atoms with E-state index >= 15 is 0 Å². The van der Waals surface area contributed by atoms with Gasteiger partial charge in [-0.25, -0.2) is 0 Å². The summed E-state index contributed by atoms with van der Waals surface area (Å²) >= 11 is 5.96. The van der Waals surface area contributed by atoms with Gasteiger partial charge in [0.05, 0.1) is 19.1 Å². The van der Waals surface area contributed by atoms with Gasteiger partial charge in [0, 0.05) is 5.02 Å². The van der Waals surface area contributed by atoms with Crippen LogP contribution in [0.25, 0.3) is 0 Å². The zero-order valence-electron chi connectivity index (χ0n) is 9.08. The van der Waals surface area contributed by atoms with E-state index < -0.39 is 0 Å². The fourth-order valence-electron chi connectivity index (χ4n) is 1.77. The van der Waals surface area contributed by atoms with E-state index in [0.717, 1.165) is 17.9 Å². The zero-order chi connectivity index (χ0) is 11.4. The molecule has 84 valence electrons. The van der Waals surface area contributed by atoms with Crippen molar-refractivity contribution in [1.29, 1.82) is 5.26 Å². The van der Waals surface area contributed by atoms with Crippen molar-refractivity contribution in [3.8, 4) is 11.8 Å². The zero-order valence-corrected chi connectivity index (χ0v) is 9.83. The van der Waals surface area contributed by atoms with Crippen LogP contribution in [-0.4, -0.2) is 6.61 Å². The maximum atomic E-state index is 8.63. The molecule has 1 saturated carbocycles. The fourth-order valence-corrected chi connectivity index (χ4v) is 2.02.